The number of anilines is 1. The molecule has 1 amide bonds. The number of hydrogen-bond acceptors (Lipinski definition) is 6. The number of rotatable bonds is 8. The van der Waals surface area contributed by atoms with Crippen molar-refractivity contribution < 1.29 is 27.5 Å². The molecular formula is C19H22N2O6S. The third-order valence-corrected chi connectivity index (χ3v) is 4.40. The van der Waals surface area contributed by atoms with Crippen molar-refractivity contribution in [1.82, 2.24) is 0 Å². The third-order valence-electron chi connectivity index (χ3n) is 3.47. The van der Waals surface area contributed by atoms with Gasteiger partial charge >= 0.3 is 5.97 Å². The Hall–Kier alpha value is -2.91. The van der Waals surface area contributed by atoms with Gasteiger partial charge in [-0.3, -0.25) is 4.79 Å². The van der Waals surface area contributed by atoms with Gasteiger partial charge < -0.3 is 14.8 Å². The molecule has 0 saturated carbocycles. The van der Waals surface area contributed by atoms with E-state index in [1.807, 2.05) is 13.8 Å². The smallest absolute Gasteiger partial charge is 0.338 e. The number of benzene rings is 2. The van der Waals surface area contributed by atoms with Gasteiger partial charge in [-0.2, -0.15) is 0 Å². The molecule has 0 aromatic heterocycles. The average molecular weight is 406 g/mol. The van der Waals surface area contributed by atoms with E-state index in [1.165, 1.54) is 24.3 Å². The molecule has 2 aromatic rings. The predicted octanol–water partition coefficient (Wildman–Crippen LogP) is 2.16. The molecule has 8 nitrogen and oxygen atoms in total. The highest BCUT2D eigenvalue weighted by molar-refractivity contribution is 7.89. The zero-order valence-corrected chi connectivity index (χ0v) is 16.4. The van der Waals surface area contributed by atoms with Crippen LogP contribution in [0.25, 0.3) is 0 Å². The van der Waals surface area contributed by atoms with Gasteiger partial charge in [0.25, 0.3) is 5.91 Å². The van der Waals surface area contributed by atoms with Gasteiger partial charge in [-0.15, -0.1) is 0 Å². The SMILES string of the molecule is CC(C)COc1ccc(C(=O)OCC(=O)Nc2ccc(S(N)(=O)=O)cc2)cc1. The molecule has 2 rings (SSSR count). The van der Waals surface area contributed by atoms with Crippen LogP contribution in [-0.2, 0) is 19.6 Å². The molecule has 9 heteroatoms. The maximum Gasteiger partial charge on any atom is 0.338 e. The molecule has 0 fully saturated rings. The number of carbonyl (C=O) groups is 2. The minimum absolute atomic E-state index is 0.0715. The Morgan fingerprint density at radius 3 is 2.18 bits per heavy atom. The van der Waals surface area contributed by atoms with E-state index >= 15 is 0 Å². The quantitative estimate of drug-likeness (QED) is 0.647. The topological polar surface area (TPSA) is 125 Å². The van der Waals surface area contributed by atoms with Crippen LogP contribution in [-0.4, -0.2) is 33.5 Å². The molecule has 150 valence electrons. The van der Waals surface area contributed by atoms with Crippen molar-refractivity contribution in [2.75, 3.05) is 18.5 Å². The molecule has 0 aliphatic carbocycles. The van der Waals surface area contributed by atoms with Crippen molar-refractivity contribution in [2.24, 2.45) is 11.1 Å². The number of nitrogens with one attached hydrogen (secondary N) is 1. The number of esters is 1. The summed E-state index contributed by atoms with van der Waals surface area (Å²) in [6.45, 7) is 4.15. The zero-order valence-electron chi connectivity index (χ0n) is 15.5. The minimum Gasteiger partial charge on any atom is -0.493 e. The van der Waals surface area contributed by atoms with Crippen molar-refractivity contribution in [3.63, 3.8) is 0 Å². The Labute approximate surface area is 163 Å². The standard InChI is InChI=1S/C19H22N2O6S/c1-13(2)11-26-16-7-3-14(4-8-16)19(23)27-12-18(22)21-15-5-9-17(10-6-15)28(20,24)25/h3-10,13H,11-12H2,1-2H3,(H,21,22)(H2,20,24,25). The van der Waals surface area contributed by atoms with Crippen molar-refractivity contribution in [3.05, 3.63) is 54.1 Å². The van der Waals surface area contributed by atoms with Gasteiger partial charge in [0, 0.05) is 5.69 Å². The van der Waals surface area contributed by atoms with Gasteiger partial charge in [0.1, 0.15) is 5.75 Å². The fourth-order valence-electron chi connectivity index (χ4n) is 2.09. The van der Waals surface area contributed by atoms with Crippen LogP contribution in [0.1, 0.15) is 24.2 Å². The monoisotopic (exact) mass is 406 g/mol. The maximum absolute atomic E-state index is 12.0. The zero-order chi connectivity index (χ0) is 20.7. The van der Waals surface area contributed by atoms with E-state index < -0.39 is 28.5 Å². The predicted molar refractivity (Wildman–Crippen MR) is 104 cm³/mol. The largest absolute Gasteiger partial charge is 0.493 e. The second-order valence-corrected chi connectivity index (χ2v) is 7.98. The summed E-state index contributed by atoms with van der Waals surface area (Å²) in [6, 6.07) is 11.7. The van der Waals surface area contributed by atoms with Gasteiger partial charge in [-0.25, -0.2) is 18.4 Å². The number of carbonyl (C=O) groups excluding carboxylic acids is 2. The molecule has 0 radical (unpaired) electrons. The van der Waals surface area contributed by atoms with Crippen LogP contribution in [0.4, 0.5) is 5.69 Å². The summed E-state index contributed by atoms with van der Waals surface area (Å²) < 4.78 is 32.9. The van der Waals surface area contributed by atoms with Crippen molar-refractivity contribution in [2.45, 2.75) is 18.7 Å². The first kappa shape index (κ1) is 21.4. The summed E-state index contributed by atoms with van der Waals surface area (Å²) in [5.74, 6) is -0.172. The number of amides is 1. The third kappa shape index (κ3) is 6.67. The lowest BCUT2D eigenvalue weighted by Gasteiger charge is -2.09. The Bertz CT molecular complexity index is 922. The van der Waals surface area contributed by atoms with E-state index in [-0.39, 0.29) is 4.90 Å². The fraction of sp³-hybridized carbons (Fsp3) is 0.263. The molecular weight excluding hydrogens is 384 g/mol. The fourth-order valence-corrected chi connectivity index (χ4v) is 2.61. The summed E-state index contributed by atoms with van der Waals surface area (Å²) >= 11 is 0. The lowest BCUT2D eigenvalue weighted by molar-refractivity contribution is -0.119. The summed E-state index contributed by atoms with van der Waals surface area (Å²) in [7, 11) is -3.80. The number of hydrogen-bond donors (Lipinski definition) is 2. The second-order valence-electron chi connectivity index (χ2n) is 6.42. The number of ether oxygens (including phenoxy) is 2. The van der Waals surface area contributed by atoms with Crippen molar-refractivity contribution in [3.8, 4) is 5.75 Å². The van der Waals surface area contributed by atoms with Crippen LogP contribution in [0.3, 0.4) is 0 Å². The van der Waals surface area contributed by atoms with Crippen LogP contribution in [0.2, 0.25) is 0 Å². The maximum atomic E-state index is 12.0. The molecule has 0 aliphatic rings. The Morgan fingerprint density at radius 1 is 1.04 bits per heavy atom. The molecule has 0 aliphatic heterocycles. The highest BCUT2D eigenvalue weighted by Gasteiger charge is 2.12. The van der Waals surface area contributed by atoms with Crippen molar-refractivity contribution >= 4 is 27.6 Å². The van der Waals surface area contributed by atoms with Crippen LogP contribution in [0.5, 0.6) is 5.75 Å². The first-order valence-corrected chi connectivity index (χ1v) is 10.0. The van der Waals surface area contributed by atoms with E-state index in [0.717, 1.165) is 0 Å². The highest BCUT2D eigenvalue weighted by Crippen LogP contribution is 2.15. The molecule has 2 aromatic carbocycles. The van der Waals surface area contributed by atoms with Crippen molar-refractivity contribution in [1.29, 1.82) is 0 Å². The van der Waals surface area contributed by atoms with Crippen LogP contribution in [0.15, 0.2) is 53.4 Å². The molecule has 0 bridgehead atoms. The number of primary sulfonamides is 1. The Kier molecular flexibility index (Phi) is 7.13. The van der Waals surface area contributed by atoms with E-state index in [2.05, 4.69) is 5.32 Å². The Balaban J connectivity index is 1.84. The van der Waals surface area contributed by atoms with Crippen LogP contribution in [0, 0.1) is 5.92 Å². The summed E-state index contributed by atoms with van der Waals surface area (Å²) in [4.78, 5) is 23.8. The van der Waals surface area contributed by atoms with Gasteiger partial charge in [0.2, 0.25) is 10.0 Å². The van der Waals surface area contributed by atoms with Gasteiger partial charge in [-0.05, 0) is 54.4 Å². The van der Waals surface area contributed by atoms with Gasteiger partial charge in [-0.1, -0.05) is 13.8 Å². The van der Waals surface area contributed by atoms with Crippen LogP contribution < -0.4 is 15.2 Å². The second kappa shape index (κ2) is 9.34. The van der Waals surface area contributed by atoms with Gasteiger partial charge in [0.15, 0.2) is 6.61 Å². The molecule has 0 atom stereocenters. The van der Waals surface area contributed by atoms with E-state index in [0.29, 0.717) is 29.5 Å². The molecule has 0 heterocycles. The Morgan fingerprint density at radius 2 is 1.64 bits per heavy atom. The van der Waals surface area contributed by atoms with Gasteiger partial charge in [0.05, 0.1) is 17.1 Å². The molecule has 0 unspecified atom stereocenters. The van der Waals surface area contributed by atoms with E-state index in [1.54, 1.807) is 24.3 Å². The molecule has 0 spiro atoms. The first-order valence-electron chi connectivity index (χ1n) is 8.48. The summed E-state index contributed by atoms with van der Waals surface area (Å²) in [5.41, 5.74) is 0.641. The number of sulfonamides is 1. The summed E-state index contributed by atoms with van der Waals surface area (Å²) in [6.07, 6.45) is 0. The molecule has 28 heavy (non-hydrogen) atoms. The molecule has 3 N–H and O–H groups in total. The minimum atomic E-state index is -3.80. The normalized spacial score (nSPS) is 11.1. The van der Waals surface area contributed by atoms with E-state index in [9.17, 15) is 18.0 Å². The van der Waals surface area contributed by atoms with E-state index in [4.69, 9.17) is 14.6 Å². The number of nitrogens with two attached hydrogens (primary N) is 1. The lowest BCUT2D eigenvalue weighted by atomic mass is 10.2. The van der Waals surface area contributed by atoms with Crippen LogP contribution >= 0.6 is 0 Å². The lowest BCUT2D eigenvalue weighted by Crippen LogP contribution is -2.21. The average Bonchev–Trinajstić information content (AvgIpc) is 2.64. The summed E-state index contributed by atoms with van der Waals surface area (Å²) in [5, 5.41) is 7.50. The highest BCUT2D eigenvalue weighted by atomic mass is 32.2. The molecule has 0 saturated heterocycles. The first-order chi connectivity index (χ1) is 13.1.